The lowest BCUT2D eigenvalue weighted by Crippen LogP contribution is -2.33. The largest absolute Gasteiger partial charge is 0.494 e. The summed E-state index contributed by atoms with van der Waals surface area (Å²) >= 11 is 3.63. The minimum absolute atomic E-state index is 0.0850. The molecule has 2 aliphatic rings. The zero-order chi connectivity index (χ0) is 25.2. The molecule has 0 fully saturated rings. The van der Waals surface area contributed by atoms with Gasteiger partial charge < -0.3 is 14.2 Å². The van der Waals surface area contributed by atoms with Crippen LogP contribution < -0.4 is 14.2 Å². The average Bonchev–Trinajstić information content (AvgIpc) is 3.39. The smallest absolute Gasteiger partial charge is 0.213 e. The first-order valence-corrected chi connectivity index (χ1v) is 13.3. The standard InChI is InChI=1S/C31H27BrN2O3/c1-2-35-25-13-8-22(9-14-25)28-19-29-27-18-24(32)12-17-30(27)37-31(34(29)33-28)23-10-15-26(16-11-23)36-20-21-6-4-3-5-7-21/h3-18,29,31H,2,19-20H2,1H3/t29-,31+/m1/s1. The van der Waals surface area contributed by atoms with Crippen molar-refractivity contribution in [1.82, 2.24) is 5.01 Å². The lowest BCUT2D eigenvalue weighted by molar-refractivity contribution is -0.0191. The summed E-state index contributed by atoms with van der Waals surface area (Å²) in [4.78, 5) is 0. The summed E-state index contributed by atoms with van der Waals surface area (Å²) in [6.45, 7) is 3.17. The van der Waals surface area contributed by atoms with E-state index in [1.54, 1.807) is 0 Å². The van der Waals surface area contributed by atoms with E-state index in [0.29, 0.717) is 13.2 Å². The monoisotopic (exact) mass is 554 g/mol. The molecule has 4 aromatic carbocycles. The van der Waals surface area contributed by atoms with E-state index >= 15 is 0 Å². The molecule has 2 heterocycles. The van der Waals surface area contributed by atoms with Gasteiger partial charge in [-0.25, -0.2) is 5.01 Å². The third-order valence-electron chi connectivity index (χ3n) is 6.66. The molecule has 5 nitrogen and oxygen atoms in total. The Hall–Kier alpha value is -3.77. The third-order valence-corrected chi connectivity index (χ3v) is 7.16. The van der Waals surface area contributed by atoms with E-state index in [2.05, 4.69) is 63.4 Å². The van der Waals surface area contributed by atoms with Crippen molar-refractivity contribution in [2.24, 2.45) is 5.10 Å². The van der Waals surface area contributed by atoms with Crippen LogP contribution in [0.15, 0.2) is 107 Å². The van der Waals surface area contributed by atoms with Crippen LogP contribution in [-0.4, -0.2) is 17.3 Å². The summed E-state index contributed by atoms with van der Waals surface area (Å²) in [6, 6.07) is 32.8. The van der Waals surface area contributed by atoms with Crippen LogP contribution in [-0.2, 0) is 6.61 Å². The molecule has 0 unspecified atom stereocenters. The molecule has 0 saturated carbocycles. The van der Waals surface area contributed by atoms with Gasteiger partial charge in [0.25, 0.3) is 0 Å². The number of rotatable bonds is 7. The van der Waals surface area contributed by atoms with Gasteiger partial charge in [-0.05, 0) is 84.8 Å². The van der Waals surface area contributed by atoms with Crippen molar-refractivity contribution in [2.75, 3.05) is 6.61 Å². The van der Waals surface area contributed by atoms with Crippen molar-refractivity contribution < 1.29 is 14.2 Å². The van der Waals surface area contributed by atoms with Crippen LogP contribution in [0.2, 0.25) is 0 Å². The van der Waals surface area contributed by atoms with Gasteiger partial charge in [-0.1, -0.05) is 46.3 Å². The predicted octanol–water partition coefficient (Wildman–Crippen LogP) is 7.67. The Morgan fingerprint density at radius 1 is 0.892 bits per heavy atom. The fraction of sp³-hybridized carbons (Fsp3) is 0.194. The molecular weight excluding hydrogens is 528 g/mol. The highest BCUT2D eigenvalue weighted by Gasteiger charge is 2.41. The van der Waals surface area contributed by atoms with Crippen LogP contribution in [0.3, 0.4) is 0 Å². The minimum Gasteiger partial charge on any atom is -0.494 e. The summed E-state index contributed by atoms with van der Waals surface area (Å²) in [5, 5.41) is 7.18. The Kier molecular flexibility index (Phi) is 6.58. The van der Waals surface area contributed by atoms with E-state index in [9.17, 15) is 0 Å². The van der Waals surface area contributed by atoms with Gasteiger partial charge >= 0.3 is 0 Å². The first-order chi connectivity index (χ1) is 18.2. The van der Waals surface area contributed by atoms with Gasteiger partial charge in [-0.2, -0.15) is 5.10 Å². The Balaban J connectivity index is 1.28. The number of hydrogen-bond acceptors (Lipinski definition) is 5. The molecule has 186 valence electrons. The van der Waals surface area contributed by atoms with Gasteiger partial charge in [0.15, 0.2) is 0 Å². The van der Waals surface area contributed by atoms with E-state index in [0.717, 1.165) is 56.1 Å². The molecule has 0 spiro atoms. The van der Waals surface area contributed by atoms with Crippen molar-refractivity contribution in [1.29, 1.82) is 0 Å². The van der Waals surface area contributed by atoms with Crippen LogP contribution >= 0.6 is 15.9 Å². The zero-order valence-electron chi connectivity index (χ0n) is 20.5. The molecule has 6 rings (SSSR count). The van der Waals surface area contributed by atoms with Gasteiger partial charge in [0.2, 0.25) is 6.23 Å². The Morgan fingerprint density at radius 3 is 2.38 bits per heavy atom. The normalized spacial score (nSPS) is 17.9. The van der Waals surface area contributed by atoms with Gasteiger partial charge in [0, 0.05) is 22.0 Å². The highest BCUT2D eigenvalue weighted by Crippen LogP contribution is 2.48. The SMILES string of the molecule is CCOc1ccc(C2=NN3[C@H](C2)c2cc(Br)ccc2O[C@H]3c2ccc(OCc3ccccc3)cc2)cc1. The zero-order valence-corrected chi connectivity index (χ0v) is 22.1. The molecule has 0 saturated heterocycles. The van der Waals surface area contributed by atoms with Gasteiger partial charge in [0.05, 0.1) is 18.4 Å². The van der Waals surface area contributed by atoms with Crippen LogP contribution in [0.25, 0.3) is 0 Å². The van der Waals surface area contributed by atoms with E-state index in [1.165, 1.54) is 0 Å². The molecule has 0 aromatic heterocycles. The molecule has 0 N–H and O–H groups in total. The predicted molar refractivity (Wildman–Crippen MR) is 148 cm³/mol. The average molecular weight is 555 g/mol. The van der Waals surface area contributed by atoms with E-state index < -0.39 is 0 Å². The molecular formula is C31H27BrN2O3. The van der Waals surface area contributed by atoms with E-state index in [1.807, 2.05) is 61.5 Å². The maximum absolute atomic E-state index is 6.53. The number of fused-ring (bicyclic) bond motifs is 3. The first-order valence-electron chi connectivity index (χ1n) is 12.5. The highest BCUT2D eigenvalue weighted by atomic mass is 79.9. The quantitative estimate of drug-likeness (QED) is 0.235. The Morgan fingerprint density at radius 2 is 1.62 bits per heavy atom. The lowest BCUT2D eigenvalue weighted by atomic mass is 9.96. The Bertz CT molecular complexity index is 1410. The third kappa shape index (κ3) is 4.94. The summed E-state index contributed by atoms with van der Waals surface area (Å²) in [6.07, 6.45) is 0.470. The van der Waals surface area contributed by atoms with Crippen molar-refractivity contribution in [3.63, 3.8) is 0 Å². The number of halogens is 1. The second kappa shape index (κ2) is 10.3. The molecule has 2 atom stereocenters. The molecule has 0 radical (unpaired) electrons. The number of hydrogen-bond donors (Lipinski definition) is 0. The van der Waals surface area contributed by atoms with Gasteiger partial charge in [0.1, 0.15) is 23.9 Å². The molecule has 4 aromatic rings. The molecule has 37 heavy (non-hydrogen) atoms. The van der Waals surface area contributed by atoms with Gasteiger partial charge in [-0.3, -0.25) is 0 Å². The molecule has 0 amide bonds. The Labute approximate surface area is 225 Å². The highest BCUT2D eigenvalue weighted by molar-refractivity contribution is 9.10. The van der Waals surface area contributed by atoms with Crippen LogP contribution in [0.1, 0.15) is 47.9 Å². The van der Waals surface area contributed by atoms with E-state index in [4.69, 9.17) is 19.3 Å². The second-order valence-electron chi connectivity index (χ2n) is 9.10. The maximum atomic E-state index is 6.53. The molecule has 6 heteroatoms. The molecule has 0 aliphatic carbocycles. The summed E-state index contributed by atoms with van der Waals surface area (Å²) in [7, 11) is 0. The number of ether oxygens (including phenoxy) is 3. The number of hydrazone groups is 1. The fourth-order valence-corrected chi connectivity index (χ4v) is 5.21. The van der Waals surface area contributed by atoms with Gasteiger partial charge in [-0.15, -0.1) is 0 Å². The van der Waals surface area contributed by atoms with Crippen molar-refractivity contribution in [3.05, 3.63) is 124 Å². The molecule has 2 aliphatic heterocycles. The van der Waals surface area contributed by atoms with Crippen molar-refractivity contribution >= 4 is 21.6 Å². The summed E-state index contributed by atoms with van der Waals surface area (Å²) in [5.74, 6) is 2.58. The van der Waals surface area contributed by atoms with Crippen LogP contribution in [0, 0.1) is 0 Å². The molecule has 0 bridgehead atoms. The summed E-state index contributed by atoms with van der Waals surface area (Å²) in [5.41, 5.74) is 5.44. The first kappa shape index (κ1) is 23.6. The number of nitrogens with zero attached hydrogens (tertiary/aromatic N) is 2. The fourth-order valence-electron chi connectivity index (χ4n) is 4.83. The van der Waals surface area contributed by atoms with Crippen molar-refractivity contribution in [3.8, 4) is 17.2 Å². The summed E-state index contributed by atoms with van der Waals surface area (Å²) < 4.78 is 19.2. The van der Waals surface area contributed by atoms with E-state index in [-0.39, 0.29) is 12.3 Å². The number of benzene rings is 4. The van der Waals surface area contributed by atoms with Crippen LogP contribution in [0.5, 0.6) is 17.2 Å². The topological polar surface area (TPSA) is 43.3 Å². The minimum atomic E-state index is -0.331. The lowest BCUT2D eigenvalue weighted by Gasteiger charge is -2.38. The van der Waals surface area contributed by atoms with Crippen molar-refractivity contribution in [2.45, 2.75) is 32.2 Å². The second-order valence-corrected chi connectivity index (χ2v) is 10.0. The van der Waals surface area contributed by atoms with Crippen LogP contribution in [0.4, 0.5) is 0 Å². The maximum Gasteiger partial charge on any atom is 0.213 e.